The predicted molar refractivity (Wildman–Crippen MR) is 189 cm³/mol. The number of esters is 2. The Hall–Kier alpha value is -1.14. The summed E-state index contributed by atoms with van der Waals surface area (Å²) in [5.74, 6) is 0.310. The summed E-state index contributed by atoms with van der Waals surface area (Å²) in [5.41, 5.74) is 0. The first-order valence-electron chi connectivity index (χ1n) is 19.6. The fourth-order valence-electron chi connectivity index (χ4n) is 6.51. The third-order valence-corrected chi connectivity index (χ3v) is 9.60. The Kier molecular flexibility index (Phi) is 28.1. The molecular weight excluding hydrogens is 562 g/mol. The van der Waals surface area contributed by atoms with Crippen LogP contribution in [0.15, 0.2) is 0 Å². The molecule has 45 heavy (non-hydrogen) atoms. The largest absolute Gasteiger partial charge is 0.466 e. The highest BCUT2D eigenvalue weighted by Gasteiger charge is 2.20. The number of carbonyl (C=O) groups excluding carboxylic acids is 2. The Morgan fingerprint density at radius 2 is 1.11 bits per heavy atom. The summed E-state index contributed by atoms with van der Waals surface area (Å²) in [5, 5.41) is 0. The van der Waals surface area contributed by atoms with Crippen molar-refractivity contribution in [2.24, 2.45) is 5.92 Å². The Balaban J connectivity index is 2.23. The van der Waals surface area contributed by atoms with Crippen molar-refractivity contribution in [2.75, 3.05) is 33.4 Å². The van der Waals surface area contributed by atoms with Crippen LogP contribution in [0.1, 0.15) is 188 Å². The fourth-order valence-corrected chi connectivity index (χ4v) is 6.51. The van der Waals surface area contributed by atoms with Crippen molar-refractivity contribution in [1.82, 2.24) is 4.90 Å². The van der Waals surface area contributed by atoms with Gasteiger partial charge in [0.2, 0.25) is 0 Å². The first-order valence-corrected chi connectivity index (χ1v) is 19.6. The SMILES string of the molecule is CCCCCCCCCC(CCCCCCCCOC(=O)CC(CCCC)CCCCCC)OC(=O)COC1CCN(C)CC1. The van der Waals surface area contributed by atoms with Crippen molar-refractivity contribution >= 4 is 11.9 Å². The third kappa shape index (κ3) is 25.6. The predicted octanol–water partition coefficient (Wildman–Crippen LogP) is 10.6. The molecule has 6 heteroatoms. The third-order valence-electron chi connectivity index (χ3n) is 9.60. The quantitative estimate of drug-likeness (QED) is 0.0557. The number of unbranched alkanes of at least 4 members (excludes halogenated alkanes) is 15. The molecule has 2 atom stereocenters. The molecule has 1 saturated heterocycles. The first kappa shape index (κ1) is 41.9. The molecule has 0 aromatic heterocycles. The van der Waals surface area contributed by atoms with E-state index in [2.05, 4.69) is 32.7 Å². The molecule has 0 aliphatic carbocycles. The molecule has 1 rings (SSSR count). The minimum atomic E-state index is -0.190. The highest BCUT2D eigenvalue weighted by atomic mass is 16.6. The van der Waals surface area contributed by atoms with Gasteiger partial charge in [0.1, 0.15) is 12.7 Å². The second kappa shape index (κ2) is 30.2. The maximum atomic E-state index is 12.6. The standard InChI is InChI=1S/C39H75NO5/c1-5-8-11-13-14-17-21-26-37(45-39(42)34-44-36-28-30-40(4)31-29-36)27-22-18-15-16-19-23-32-43-38(41)33-35(24-10-7-3)25-20-12-9-6-2/h35-37H,5-34H2,1-4H3. The van der Waals surface area contributed by atoms with Crippen LogP contribution in [-0.4, -0.2) is 62.4 Å². The molecule has 0 bridgehead atoms. The van der Waals surface area contributed by atoms with E-state index in [-0.39, 0.29) is 30.8 Å². The fraction of sp³-hybridized carbons (Fsp3) is 0.949. The van der Waals surface area contributed by atoms with Gasteiger partial charge in [0.05, 0.1) is 12.7 Å². The van der Waals surface area contributed by atoms with Gasteiger partial charge in [0.15, 0.2) is 0 Å². The highest BCUT2D eigenvalue weighted by molar-refractivity contribution is 5.71. The van der Waals surface area contributed by atoms with Crippen molar-refractivity contribution in [3.63, 3.8) is 0 Å². The van der Waals surface area contributed by atoms with Gasteiger partial charge in [0, 0.05) is 19.5 Å². The molecule has 1 heterocycles. The molecular formula is C39H75NO5. The molecule has 0 aromatic carbocycles. The van der Waals surface area contributed by atoms with Crippen LogP contribution in [0.25, 0.3) is 0 Å². The van der Waals surface area contributed by atoms with E-state index in [9.17, 15) is 9.59 Å². The number of ether oxygens (including phenoxy) is 3. The zero-order chi connectivity index (χ0) is 32.8. The summed E-state index contributed by atoms with van der Waals surface area (Å²) in [4.78, 5) is 27.4. The lowest BCUT2D eigenvalue weighted by molar-refractivity contribution is -0.158. The summed E-state index contributed by atoms with van der Waals surface area (Å²) in [6.45, 7) is 9.44. The maximum absolute atomic E-state index is 12.6. The van der Waals surface area contributed by atoms with Crippen LogP contribution < -0.4 is 0 Å². The number of hydrogen-bond donors (Lipinski definition) is 0. The van der Waals surface area contributed by atoms with Gasteiger partial charge in [-0.3, -0.25) is 4.79 Å². The normalized spacial score (nSPS) is 15.6. The zero-order valence-electron chi connectivity index (χ0n) is 30.4. The Labute approximate surface area is 279 Å². The van der Waals surface area contributed by atoms with E-state index < -0.39 is 0 Å². The number of nitrogens with zero attached hydrogens (tertiary/aromatic N) is 1. The van der Waals surface area contributed by atoms with Gasteiger partial charge in [-0.05, 0) is 70.8 Å². The highest BCUT2D eigenvalue weighted by Crippen LogP contribution is 2.22. The van der Waals surface area contributed by atoms with Crippen LogP contribution in [0.3, 0.4) is 0 Å². The van der Waals surface area contributed by atoms with E-state index in [1.165, 1.54) is 96.3 Å². The van der Waals surface area contributed by atoms with Gasteiger partial charge < -0.3 is 19.1 Å². The van der Waals surface area contributed by atoms with Crippen LogP contribution in [0.2, 0.25) is 0 Å². The van der Waals surface area contributed by atoms with E-state index in [4.69, 9.17) is 14.2 Å². The molecule has 0 spiro atoms. The Bertz CT molecular complexity index is 678. The molecule has 1 aliphatic rings. The van der Waals surface area contributed by atoms with Gasteiger partial charge in [-0.2, -0.15) is 0 Å². The second-order valence-electron chi connectivity index (χ2n) is 14.0. The molecule has 6 nitrogen and oxygen atoms in total. The lowest BCUT2D eigenvalue weighted by atomic mass is 9.92. The van der Waals surface area contributed by atoms with Crippen LogP contribution in [0.4, 0.5) is 0 Å². The molecule has 0 saturated carbocycles. The topological polar surface area (TPSA) is 65.1 Å². The molecule has 1 fully saturated rings. The van der Waals surface area contributed by atoms with Gasteiger partial charge in [-0.25, -0.2) is 4.79 Å². The van der Waals surface area contributed by atoms with Crippen LogP contribution in [0.5, 0.6) is 0 Å². The Morgan fingerprint density at radius 1 is 0.622 bits per heavy atom. The monoisotopic (exact) mass is 638 g/mol. The smallest absolute Gasteiger partial charge is 0.332 e. The van der Waals surface area contributed by atoms with Crippen molar-refractivity contribution in [2.45, 2.75) is 200 Å². The second-order valence-corrected chi connectivity index (χ2v) is 14.0. The maximum Gasteiger partial charge on any atom is 0.332 e. The average molecular weight is 638 g/mol. The number of likely N-dealkylation sites (tertiary alicyclic amines) is 1. The van der Waals surface area contributed by atoms with E-state index in [0.717, 1.165) is 77.3 Å². The average Bonchev–Trinajstić information content (AvgIpc) is 3.03. The summed E-state index contributed by atoms with van der Waals surface area (Å²) in [7, 11) is 2.14. The summed E-state index contributed by atoms with van der Waals surface area (Å²) in [6, 6.07) is 0. The van der Waals surface area contributed by atoms with Crippen LogP contribution >= 0.6 is 0 Å². The van der Waals surface area contributed by atoms with Crippen LogP contribution in [0, 0.1) is 5.92 Å². The number of rotatable bonds is 31. The lowest BCUT2D eigenvalue weighted by Crippen LogP contribution is -2.35. The van der Waals surface area contributed by atoms with E-state index in [1.54, 1.807) is 0 Å². The number of carbonyl (C=O) groups is 2. The molecule has 1 aliphatic heterocycles. The van der Waals surface area contributed by atoms with Crippen molar-refractivity contribution in [3.05, 3.63) is 0 Å². The molecule has 0 N–H and O–H groups in total. The van der Waals surface area contributed by atoms with Crippen molar-refractivity contribution < 1.29 is 23.8 Å². The van der Waals surface area contributed by atoms with E-state index in [1.807, 2.05) is 0 Å². The van der Waals surface area contributed by atoms with Crippen molar-refractivity contribution in [3.8, 4) is 0 Å². The van der Waals surface area contributed by atoms with Gasteiger partial charge in [0.25, 0.3) is 0 Å². The molecule has 0 radical (unpaired) electrons. The Morgan fingerprint density at radius 3 is 1.71 bits per heavy atom. The molecule has 266 valence electrons. The minimum Gasteiger partial charge on any atom is -0.466 e. The summed E-state index contributed by atoms with van der Waals surface area (Å²) < 4.78 is 17.5. The zero-order valence-corrected chi connectivity index (χ0v) is 30.4. The molecule has 2 unspecified atom stereocenters. The minimum absolute atomic E-state index is 0.00453. The molecule has 0 amide bonds. The number of hydrogen-bond acceptors (Lipinski definition) is 6. The van der Waals surface area contributed by atoms with E-state index in [0.29, 0.717) is 18.9 Å². The van der Waals surface area contributed by atoms with Gasteiger partial charge >= 0.3 is 11.9 Å². The van der Waals surface area contributed by atoms with E-state index >= 15 is 0 Å². The lowest BCUT2D eigenvalue weighted by Gasteiger charge is -2.28. The first-order chi connectivity index (χ1) is 22.0. The van der Waals surface area contributed by atoms with Crippen LogP contribution in [-0.2, 0) is 23.8 Å². The summed E-state index contributed by atoms with van der Waals surface area (Å²) in [6.07, 6.45) is 30.1. The van der Waals surface area contributed by atoms with Gasteiger partial charge in [-0.15, -0.1) is 0 Å². The molecule has 0 aromatic rings. The van der Waals surface area contributed by atoms with Gasteiger partial charge in [-0.1, -0.05) is 124 Å². The number of piperidine rings is 1. The van der Waals surface area contributed by atoms with Crippen molar-refractivity contribution in [1.29, 1.82) is 0 Å². The summed E-state index contributed by atoms with van der Waals surface area (Å²) >= 11 is 0.